The maximum atomic E-state index is 12.9. The van der Waals surface area contributed by atoms with Crippen LogP contribution in [0.3, 0.4) is 0 Å². The van der Waals surface area contributed by atoms with E-state index in [0.717, 1.165) is 56.6 Å². The highest BCUT2D eigenvalue weighted by molar-refractivity contribution is 6.02. The largest absolute Gasteiger partial charge is 0.493 e. The molecule has 1 fully saturated rings. The van der Waals surface area contributed by atoms with Crippen LogP contribution < -0.4 is 15.2 Å². The minimum atomic E-state index is 0.121. The first kappa shape index (κ1) is 19.2. The molecule has 1 saturated heterocycles. The zero-order valence-electron chi connectivity index (χ0n) is 16.1. The number of rotatable bonds is 8. The van der Waals surface area contributed by atoms with Gasteiger partial charge in [0.15, 0.2) is 17.3 Å². The molecule has 5 nitrogen and oxygen atoms in total. The second-order valence-corrected chi connectivity index (χ2v) is 7.65. The van der Waals surface area contributed by atoms with E-state index in [4.69, 9.17) is 15.2 Å². The van der Waals surface area contributed by atoms with Crippen LogP contribution in [0.1, 0.15) is 48.0 Å². The minimum absolute atomic E-state index is 0.121. The molecule has 26 heavy (non-hydrogen) atoms. The van der Waals surface area contributed by atoms with Crippen molar-refractivity contribution >= 4 is 5.78 Å². The van der Waals surface area contributed by atoms with Crippen LogP contribution in [0.2, 0.25) is 0 Å². The molecule has 2 aliphatic rings. The van der Waals surface area contributed by atoms with Crippen LogP contribution in [-0.4, -0.2) is 51.1 Å². The topological polar surface area (TPSA) is 64.8 Å². The lowest BCUT2D eigenvalue weighted by molar-refractivity contribution is 0.0897. The van der Waals surface area contributed by atoms with Crippen molar-refractivity contribution in [2.24, 2.45) is 17.6 Å². The third-order valence-electron chi connectivity index (χ3n) is 5.97. The van der Waals surface area contributed by atoms with Gasteiger partial charge in [0.05, 0.1) is 14.2 Å². The zero-order valence-corrected chi connectivity index (χ0v) is 16.1. The Kier molecular flexibility index (Phi) is 6.54. The number of methoxy groups -OCH3 is 2. The molecule has 144 valence electrons. The normalized spacial score (nSPS) is 21.0. The molecule has 1 aliphatic carbocycles. The van der Waals surface area contributed by atoms with Gasteiger partial charge in [-0.3, -0.25) is 4.79 Å². The van der Waals surface area contributed by atoms with Crippen LogP contribution in [-0.2, 0) is 6.42 Å². The van der Waals surface area contributed by atoms with Crippen molar-refractivity contribution < 1.29 is 14.3 Å². The number of Topliss-reactive ketones (excluding diaryl/α,β-unsaturated/α-hetero) is 1. The number of likely N-dealkylation sites (tertiary alicyclic amines) is 1. The van der Waals surface area contributed by atoms with Crippen molar-refractivity contribution in [1.29, 1.82) is 0 Å². The van der Waals surface area contributed by atoms with Crippen LogP contribution in [0.4, 0.5) is 0 Å². The Labute approximate surface area is 156 Å². The molecule has 1 atom stereocenters. The van der Waals surface area contributed by atoms with E-state index in [2.05, 4.69) is 4.90 Å². The Hall–Kier alpha value is -1.59. The van der Waals surface area contributed by atoms with Gasteiger partial charge in [-0.05, 0) is 88.3 Å². The maximum Gasteiger partial charge on any atom is 0.166 e. The number of carbonyl (C=O) groups excluding carboxylic acids is 1. The van der Waals surface area contributed by atoms with Crippen LogP contribution in [0.25, 0.3) is 0 Å². The van der Waals surface area contributed by atoms with Crippen molar-refractivity contribution in [3.8, 4) is 11.5 Å². The van der Waals surface area contributed by atoms with E-state index in [0.29, 0.717) is 17.4 Å². The number of piperidine rings is 1. The van der Waals surface area contributed by atoms with E-state index in [-0.39, 0.29) is 11.7 Å². The van der Waals surface area contributed by atoms with Crippen LogP contribution in [0.15, 0.2) is 12.1 Å². The first-order valence-electron chi connectivity index (χ1n) is 9.87. The number of ether oxygens (including phenoxy) is 2. The zero-order chi connectivity index (χ0) is 18.5. The molecule has 0 radical (unpaired) electrons. The number of ketones is 1. The smallest absolute Gasteiger partial charge is 0.166 e. The van der Waals surface area contributed by atoms with Gasteiger partial charge in [-0.25, -0.2) is 0 Å². The number of carbonyl (C=O) groups is 1. The summed E-state index contributed by atoms with van der Waals surface area (Å²) < 4.78 is 10.7. The second-order valence-electron chi connectivity index (χ2n) is 7.65. The molecule has 1 aliphatic heterocycles. The number of hydrogen-bond donors (Lipinski definition) is 1. The number of unbranched alkanes of at least 4 members (excludes halogenated alkanes) is 1. The van der Waals surface area contributed by atoms with E-state index >= 15 is 0 Å². The van der Waals surface area contributed by atoms with E-state index in [9.17, 15) is 4.79 Å². The quantitative estimate of drug-likeness (QED) is 0.722. The number of nitrogens with zero attached hydrogens (tertiary/aromatic N) is 1. The molecule has 0 amide bonds. The third kappa shape index (κ3) is 4.21. The number of nitrogens with two attached hydrogens (primary N) is 1. The Bertz CT molecular complexity index is 624. The fourth-order valence-electron chi connectivity index (χ4n) is 4.42. The lowest BCUT2D eigenvalue weighted by Gasteiger charge is -2.32. The van der Waals surface area contributed by atoms with Crippen LogP contribution in [0, 0.1) is 11.8 Å². The van der Waals surface area contributed by atoms with Gasteiger partial charge in [-0.2, -0.15) is 0 Å². The standard InChI is InChI=1S/C21H32N2O3/c1-25-19-13-16-12-17(21(24)18(16)14-20(19)26-2)11-15-5-9-23(10-6-15)8-4-3-7-22/h13-15,17H,3-12,22H2,1-2H3. The molecule has 0 saturated carbocycles. The Morgan fingerprint density at radius 1 is 1.12 bits per heavy atom. The molecule has 1 aromatic carbocycles. The van der Waals surface area contributed by atoms with Gasteiger partial charge in [0, 0.05) is 11.5 Å². The van der Waals surface area contributed by atoms with Gasteiger partial charge in [0.1, 0.15) is 0 Å². The summed E-state index contributed by atoms with van der Waals surface area (Å²) in [5.41, 5.74) is 7.51. The highest BCUT2D eigenvalue weighted by Gasteiger charge is 2.34. The monoisotopic (exact) mass is 360 g/mol. The third-order valence-corrected chi connectivity index (χ3v) is 5.97. The van der Waals surface area contributed by atoms with Crippen molar-refractivity contribution in [1.82, 2.24) is 4.90 Å². The average Bonchev–Trinajstić information content (AvgIpc) is 2.97. The number of fused-ring (bicyclic) bond motifs is 1. The lowest BCUT2D eigenvalue weighted by Crippen LogP contribution is -2.35. The number of hydrogen-bond acceptors (Lipinski definition) is 5. The second kappa shape index (κ2) is 8.87. The molecular weight excluding hydrogens is 328 g/mol. The molecule has 1 aromatic rings. The molecule has 1 unspecified atom stereocenters. The van der Waals surface area contributed by atoms with Gasteiger partial charge in [0.25, 0.3) is 0 Å². The Balaban J connectivity index is 1.55. The summed E-state index contributed by atoms with van der Waals surface area (Å²) in [5.74, 6) is 2.42. The molecule has 0 bridgehead atoms. The predicted octanol–water partition coefficient (Wildman–Crippen LogP) is 2.90. The maximum absolute atomic E-state index is 12.9. The minimum Gasteiger partial charge on any atom is -0.493 e. The van der Waals surface area contributed by atoms with E-state index in [1.165, 1.54) is 19.3 Å². The molecule has 1 heterocycles. The van der Waals surface area contributed by atoms with Crippen molar-refractivity contribution in [2.45, 2.75) is 38.5 Å². The molecule has 2 N–H and O–H groups in total. The van der Waals surface area contributed by atoms with Gasteiger partial charge in [-0.1, -0.05) is 0 Å². The molecule has 5 heteroatoms. The Morgan fingerprint density at radius 3 is 2.46 bits per heavy atom. The fourth-order valence-corrected chi connectivity index (χ4v) is 4.42. The average molecular weight is 360 g/mol. The Morgan fingerprint density at radius 2 is 1.81 bits per heavy atom. The molecule has 0 aromatic heterocycles. The summed E-state index contributed by atoms with van der Waals surface area (Å²) in [7, 11) is 3.25. The summed E-state index contributed by atoms with van der Waals surface area (Å²) >= 11 is 0. The van der Waals surface area contributed by atoms with Crippen LogP contribution >= 0.6 is 0 Å². The molecule has 3 rings (SSSR count). The van der Waals surface area contributed by atoms with E-state index < -0.39 is 0 Å². The summed E-state index contributed by atoms with van der Waals surface area (Å²) in [5, 5.41) is 0. The fraction of sp³-hybridized carbons (Fsp3) is 0.667. The predicted molar refractivity (Wildman–Crippen MR) is 103 cm³/mol. The first-order valence-corrected chi connectivity index (χ1v) is 9.87. The van der Waals surface area contributed by atoms with Crippen molar-refractivity contribution in [2.75, 3.05) is 40.4 Å². The highest BCUT2D eigenvalue weighted by Crippen LogP contribution is 2.39. The summed E-state index contributed by atoms with van der Waals surface area (Å²) in [6.45, 7) is 4.27. The number of benzene rings is 1. The van der Waals surface area contributed by atoms with E-state index in [1.807, 2.05) is 12.1 Å². The van der Waals surface area contributed by atoms with Gasteiger partial charge in [0.2, 0.25) is 0 Å². The van der Waals surface area contributed by atoms with Crippen molar-refractivity contribution in [3.05, 3.63) is 23.3 Å². The summed E-state index contributed by atoms with van der Waals surface area (Å²) in [4.78, 5) is 15.4. The van der Waals surface area contributed by atoms with Gasteiger partial charge < -0.3 is 20.1 Å². The van der Waals surface area contributed by atoms with Gasteiger partial charge >= 0.3 is 0 Å². The molecular formula is C21H32N2O3. The van der Waals surface area contributed by atoms with Crippen molar-refractivity contribution in [3.63, 3.8) is 0 Å². The summed E-state index contributed by atoms with van der Waals surface area (Å²) in [6.07, 6.45) is 6.56. The SMILES string of the molecule is COc1cc2c(cc1OC)C(=O)C(CC1CCN(CCCCN)CC1)C2. The lowest BCUT2D eigenvalue weighted by atomic mass is 9.85. The van der Waals surface area contributed by atoms with E-state index in [1.54, 1.807) is 14.2 Å². The molecule has 0 spiro atoms. The first-order chi connectivity index (χ1) is 12.7. The highest BCUT2D eigenvalue weighted by atomic mass is 16.5. The van der Waals surface area contributed by atoms with Gasteiger partial charge in [-0.15, -0.1) is 0 Å². The van der Waals surface area contributed by atoms with Crippen LogP contribution in [0.5, 0.6) is 11.5 Å². The summed E-state index contributed by atoms with van der Waals surface area (Å²) in [6, 6.07) is 3.84.